The Bertz CT molecular complexity index is 1130. The van der Waals surface area contributed by atoms with Crippen molar-refractivity contribution < 1.29 is 18.7 Å². The number of carbonyl (C=O) groups excluding carboxylic acids is 2. The molecule has 0 unspecified atom stereocenters. The average Bonchev–Trinajstić information content (AvgIpc) is 3.24. The maximum atomic E-state index is 14.4. The number of piperidine rings is 1. The molecule has 1 atom stereocenters. The van der Waals surface area contributed by atoms with Crippen LogP contribution in [0.5, 0.6) is 0 Å². The minimum absolute atomic E-state index is 0.0812. The lowest BCUT2D eigenvalue weighted by molar-refractivity contribution is -0.127. The van der Waals surface area contributed by atoms with Crippen LogP contribution in [0.15, 0.2) is 37.1 Å². The first-order chi connectivity index (χ1) is 16.6. The molecule has 2 amide bonds. The van der Waals surface area contributed by atoms with Gasteiger partial charge in [0, 0.05) is 37.9 Å². The van der Waals surface area contributed by atoms with Gasteiger partial charge in [-0.25, -0.2) is 14.2 Å². The number of carbonyl (C=O) groups is 2. The van der Waals surface area contributed by atoms with Crippen LogP contribution in [0.2, 0.25) is 0 Å². The van der Waals surface area contributed by atoms with Crippen molar-refractivity contribution in [3.8, 4) is 0 Å². The van der Waals surface area contributed by atoms with E-state index in [2.05, 4.69) is 27.2 Å². The molecule has 3 heterocycles. The van der Waals surface area contributed by atoms with Gasteiger partial charge in [0.25, 0.3) is 0 Å². The van der Waals surface area contributed by atoms with E-state index in [1.807, 2.05) is 39.0 Å². The maximum Gasteiger partial charge on any atom is 0.410 e. The quantitative estimate of drug-likeness (QED) is 0.616. The molecule has 4 rings (SSSR count). The summed E-state index contributed by atoms with van der Waals surface area (Å²) in [5.74, 6) is -0.378. The SMILES string of the molecule is C=CC(=O)N1CCC[C@@H](Nc2nc(Nc3ccc4c(c3)CN(C(=O)OC(C)(C)C)C4)ncc2F)C1. The van der Waals surface area contributed by atoms with Gasteiger partial charge in [-0.05, 0) is 62.9 Å². The Hall–Kier alpha value is -3.69. The zero-order valence-electron chi connectivity index (χ0n) is 20.3. The molecule has 2 aromatic rings. The van der Waals surface area contributed by atoms with Crippen LogP contribution in [0.4, 0.5) is 26.6 Å². The first kappa shape index (κ1) is 24.4. The molecule has 10 heteroatoms. The molecule has 0 aliphatic carbocycles. The highest BCUT2D eigenvalue weighted by Gasteiger charge is 2.28. The fourth-order valence-electron chi connectivity index (χ4n) is 4.20. The number of halogens is 1. The molecule has 2 aliphatic rings. The van der Waals surface area contributed by atoms with Crippen molar-refractivity contribution in [1.82, 2.24) is 19.8 Å². The van der Waals surface area contributed by atoms with Gasteiger partial charge >= 0.3 is 6.09 Å². The van der Waals surface area contributed by atoms with E-state index in [1.165, 1.54) is 6.08 Å². The van der Waals surface area contributed by atoms with Gasteiger partial charge in [-0.3, -0.25) is 9.69 Å². The van der Waals surface area contributed by atoms with Crippen molar-refractivity contribution in [1.29, 1.82) is 0 Å². The number of nitrogens with one attached hydrogen (secondary N) is 2. The number of nitrogens with zero attached hydrogens (tertiary/aromatic N) is 4. The van der Waals surface area contributed by atoms with Gasteiger partial charge < -0.3 is 20.3 Å². The highest BCUT2D eigenvalue weighted by Crippen LogP contribution is 2.28. The van der Waals surface area contributed by atoms with E-state index in [1.54, 1.807) is 9.80 Å². The minimum Gasteiger partial charge on any atom is -0.444 e. The number of amides is 2. The third-order valence-electron chi connectivity index (χ3n) is 5.83. The molecule has 0 bridgehead atoms. The minimum atomic E-state index is -0.565. The van der Waals surface area contributed by atoms with E-state index >= 15 is 0 Å². The van der Waals surface area contributed by atoms with Crippen molar-refractivity contribution in [3.63, 3.8) is 0 Å². The van der Waals surface area contributed by atoms with E-state index in [9.17, 15) is 14.0 Å². The summed E-state index contributed by atoms with van der Waals surface area (Å²) in [6.07, 6.45) is 3.66. The number of aromatic nitrogens is 2. The predicted molar refractivity (Wildman–Crippen MR) is 131 cm³/mol. The second-order valence-electron chi connectivity index (χ2n) is 9.81. The first-order valence-corrected chi connectivity index (χ1v) is 11.7. The van der Waals surface area contributed by atoms with E-state index in [0.717, 1.165) is 35.9 Å². The molecule has 0 saturated carbocycles. The third-order valence-corrected chi connectivity index (χ3v) is 5.83. The van der Waals surface area contributed by atoms with Crippen molar-refractivity contribution >= 4 is 29.5 Å². The van der Waals surface area contributed by atoms with Gasteiger partial charge in [-0.15, -0.1) is 0 Å². The molecule has 1 saturated heterocycles. The summed E-state index contributed by atoms with van der Waals surface area (Å²) in [6.45, 7) is 11.1. The topological polar surface area (TPSA) is 99.7 Å². The largest absolute Gasteiger partial charge is 0.444 e. The molecule has 2 aliphatic heterocycles. The summed E-state index contributed by atoms with van der Waals surface area (Å²) < 4.78 is 19.9. The van der Waals surface area contributed by atoms with Crippen molar-refractivity contribution in [2.45, 2.75) is 58.3 Å². The first-order valence-electron chi connectivity index (χ1n) is 11.7. The maximum absolute atomic E-state index is 14.4. The van der Waals surface area contributed by atoms with Crippen molar-refractivity contribution in [2.75, 3.05) is 23.7 Å². The molecule has 2 N–H and O–H groups in total. The van der Waals surface area contributed by atoms with E-state index in [-0.39, 0.29) is 29.8 Å². The molecular weight excluding hydrogens is 451 g/mol. The highest BCUT2D eigenvalue weighted by atomic mass is 19.1. The number of likely N-dealkylation sites (tertiary alicyclic amines) is 1. The molecule has 0 radical (unpaired) electrons. The van der Waals surface area contributed by atoms with Gasteiger partial charge in [-0.1, -0.05) is 12.6 Å². The zero-order chi connectivity index (χ0) is 25.2. The molecule has 1 aromatic heterocycles. The van der Waals surface area contributed by atoms with Gasteiger partial charge in [0.1, 0.15) is 5.60 Å². The van der Waals surface area contributed by atoms with Gasteiger partial charge in [0.2, 0.25) is 11.9 Å². The van der Waals surface area contributed by atoms with Gasteiger partial charge in [0.05, 0.1) is 6.20 Å². The fourth-order valence-corrected chi connectivity index (χ4v) is 4.20. The van der Waals surface area contributed by atoms with Crippen LogP contribution in [0.25, 0.3) is 0 Å². The number of rotatable bonds is 5. The zero-order valence-corrected chi connectivity index (χ0v) is 20.3. The molecule has 186 valence electrons. The Morgan fingerprint density at radius 3 is 2.74 bits per heavy atom. The van der Waals surface area contributed by atoms with Crippen LogP contribution in [0.3, 0.4) is 0 Å². The summed E-state index contributed by atoms with van der Waals surface area (Å²) in [4.78, 5) is 36.1. The summed E-state index contributed by atoms with van der Waals surface area (Å²) in [7, 11) is 0. The summed E-state index contributed by atoms with van der Waals surface area (Å²) in [6, 6.07) is 5.62. The fraction of sp³-hybridized carbons (Fsp3) is 0.440. The Labute approximate surface area is 204 Å². The summed E-state index contributed by atoms with van der Waals surface area (Å²) in [5.41, 5.74) is 2.21. The number of ether oxygens (including phenoxy) is 1. The summed E-state index contributed by atoms with van der Waals surface area (Å²) in [5, 5.41) is 6.23. The Morgan fingerprint density at radius 1 is 1.23 bits per heavy atom. The normalized spacial score (nSPS) is 17.5. The predicted octanol–water partition coefficient (Wildman–Crippen LogP) is 4.20. The van der Waals surface area contributed by atoms with E-state index in [0.29, 0.717) is 26.2 Å². The molecule has 35 heavy (non-hydrogen) atoms. The Balaban J connectivity index is 1.42. The number of fused-ring (bicyclic) bond motifs is 1. The lowest BCUT2D eigenvalue weighted by Gasteiger charge is -2.32. The highest BCUT2D eigenvalue weighted by molar-refractivity contribution is 5.87. The Morgan fingerprint density at radius 2 is 2.00 bits per heavy atom. The van der Waals surface area contributed by atoms with Crippen molar-refractivity contribution in [3.05, 3.63) is 54.0 Å². The number of benzene rings is 1. The standard InChI is InChI=1S/C25H31FN6O3/c1-5-21(33)31-10-6-7-19(15-31)28-22-20(26)12-27-23(30-22)29-18-9-8-16-13-32(14-17(16)11-18)24(34)35-25(2,3)4/h5,8-9,11-12,19H,1,6-7,10,13-15H2,2-4H3,(H2,27,28,29,30)/t19-/m1/s1. The number of hydrogen-bond acceptors (Lipinski definition) is 7. The van der Waals surface area contributed by atoms with Gasteiger partial charge in [0.15, 0.2) is 11.6 Å². The van der Waals surface area contributed by atoms with Crippen LogP contribution >= 0.6 is 0 Å². The molecule has 1 aromatic carbocycles. The van der Waals surface area contributed by atoms with Crippen LogP contribution in [-0.2, 0) is 22.6 Å². The molecule has 0 spiro atoms. The molecule has 9 nitrogen and oxygen atoms in total. The van der Waals surface area contributed by atoms with E-state index in [4.69, 9.17) is 4.74 Å². The van der Waals surface area contributed by atoms with Gasteiger partial charge in [-0.2, -0.15) is 4.98 Å². The lowest BCUT2D eigenvalue weighted by atomic mass is 10.1. The Kier molecular flexibility index (Phi) is 6.90. The average molecular weight is 483 g/mol. The lowest BCUT2D eigenvalue weighted by Crippen LogP contribution is -2.44. The molecule has 1 fully saturated rings. The van der Waals surface area contributed by atoms with Crippen LogP contribution in [0, 0.1) is 5.82 Å². The molecular formula is C25H31FN6O3. The van der Waals surface area contributed by atoms with E-state index < -0.39 is 11.4 Å². The monoisotopic (exact) mass is 482 g/mol. The summed E-state index contributed by atoms with van der Waals surface area (Å²) >= 11 is 0. The van der Waals surface area contributed by atoms with Crippen LogP contribution in [0.1, 0.15) is 44.7 Å². The third kappa shape index (κ3) is 6.06. The van der Waals surface area contributed by atoms with Crippen LogP contribution in [-0.4, -0.2) is 56.5 Å². The van der Waals surface area contributed by atoms with Crippen LogP contribution < -0.4 is 10.6 Å². The van der Waals surface area contributed by atoms with Crippen molar-refractivity contribution in [2.24, 2.45) is 0 Å². The number of anilines is 3. The second-order valence-corrected chi connectivity index (χ2v) is 9.81. The second kappa shape index (κ2) is 9.89. The number of hydrogen-bond donors (Lipinski definition) is 2. The smallest absolute Gasteiger partial charge is 0.410 e.